The van der Waals surface area contributed by atoms with E-state index >= 15 is 0 Å². The molecule has 0 aromatic carbocycles. The summed E-state index contributed by atoms with van der Waals surface area (Å²) in [6.07, 6.45) is -0.283. The van der Waals surface area contributed by atoms with Gasteiger partial charge in [-0.25, -0.2) is 4.98 Å². The van der Waals surface area contributed by atoms with Crippen LogP contribution in [0.3, 0.4) is 0 Å². The summed E-state index contributed by atoms with van der Waals surface area (Å²) < 4.78 is 7.14. The largest absolute Gasteiger partial charge is 0.394 e. The number of nitrogens with zero attached hydrogens (tertiary/aromatic N) is 3. The zero-order valence-corrected chi connectivity index (χ0v) is 11.2. The lowest BCUT2D eigenvalue weighted by atomic mass is 10.2. The van der Waals surface area contributed by atoms with E-state index in [1.54, 1.807) is 4.57 Å². The maximum Gasteiger partial charge on any atom is 0.156 e. The number of hydrogen-bond acceptors (Lipinski definition) is 7. The Balaban J connectivity index is 1.94. The molecule has 0 radical (unpaired) electrons. The van der Waals surface area contributed by atoms with Gasteiger partial charge in [0.15, 0.2) is 6.23 Å². The first-order valence-electron chi connectivity index (χ1n) is 6.21. The predicted molar refractivity (Wildman–Crippen MR) is 70.8 cm³/mol. The molecule has 1 aromatic rings. The number of aliphatic hydroxyl groups excluding tert-OH is 3. The molecule has 0 amide bonds. The van der Waals surface area contributed by atoms with Gasteiger partial charge in [0.2, 0.25) is 0 Å². The second-order valence-corrected chi connectivity index (χ2v) is 5.23. The van der Waals surface area contributed by atoms with Crippen molar-refractivity contribution in [2.45, 2.75) is 29.9 Å². The lowest BCUT2D eigenvalue weighted by Gasteiger charge is -2.18. The van der Waals surface area contributed by atoms with Crippen LogP contribution in [0.25, 0.3) is 0 Å². The summed E-state index contributed by atoms with van der Waals surface area (Å²) in [7, 11) is 0. The van der Waals surface area contributed by atoms with Crippen molar-refractivity contribution >= 4 is 23.8 Å². The van der Waals surface area contributed by atoms with E-state index in [4.69, 9.17) is 21.4 Å². The van der Waals surface area contributed by atoms with Gasteiger partial charge in [-0.05, 0) is 0 Å². The van der Waals surface area contributed by atoms with Crippen LogP contribution < -0.4 is 5.32 Å². The average Bonchev–Trinajstić information content (AvgIpc) is 2.92. The Hall–Kier alpha value is -1.19. The second-order valence-electron chi connectivity index (χ2n) is 4.72. The van der Waals surface area contributed by atoms with E-state index in [9.17, 15) is 10.2 Å². The maximum absolute atomic E-state index is 9.92. The van der Waals surface area contributed by atoms with Gasteiger partial charge in [0.25, 0.3) is 0 Å². The quantitative estimate of drug-likeness (QED) is 0.534. The molecule has 3 heterocycles. The van der Waals surface area contributed by atoms with Crippen LogP contribution in [0.2, 0.25) is 0 Å². The molecule has 1 aromatic heterocycles. The van der Waals surface area contributed by atoms with E-state index in [-0.39, 0.29) is 13.2 Å². The van der Waals surface area contributed by atoms with Crippen molar-refractivity contribution in [1.82, 2.24) is 9.55 Å². The SMILES string of the molecule is OC[C@H]1O[C@@H](n2cnc3c2NC=NCC3O)[C@H](Cl)[C@@H]1O. The van der Waals surface area contributed by atoms with Crippen molar-refractivity contribution < 1.29 is 20.1 Å². The van der Waals surface area contributed by atoms with Crippen molar-refractivity contribution in [2.24, 2.45) is 4.99 Å². The molecule has 0 bridgehead atoms. The first kappa shape index (κ1) is 13.8. The highest BCUT2D eigenvalue weighted by Crippen LogP contribution is 2.37. The normalized spacial score (nSPS) is 36.5. The highest BCUT2D eigenvalue weighted by Gasteiger charge is 2.44. The van der Waals surface area contributed by atoms with Gasteiger partial charge >= 0.3 is 0 Å². The molecule has 1 unspecified atom stereocenters. The zero-order valence-electron chi connectivity index (χ0n) is 10.4. The predicted octanol–water partition coefficient (Wildman–Crippen LogP) is -0.772. The number of halogens is 1. The van der Waals surface area contributed by atoms with Crippen LogP contribution in [-0.2, 0) is 4.74 Å². The van der Waals surface area contributed by atoms with Crippen LogP contribution >= 0.6 is 11.6 Å². The summed E-state index contributed by atoms with van der Waals surface area (Å²) in [4.78, 5) is 8.11. The number of hydrogen-bond donors (Lipinski definition) is 4. The molecule has 0 spiro atoms. The van der Waals surface area contributed by atoms with E-state index in [1.165, 1.54) is 12.7 Å². The van der Waals surface area contributed by atoms with Crippen molar-refractivity contribution in [2.75, 3.05) is 18.5 Å². The number of anilines is 1. The van der Waals surface area contributed by atoms with Gasteiger partial charge in [0.1, 0.15) is 35.2 Å². The molecule has 2 aliphatic rings. The highest BCUT2D eigenvalue weighted by atomic mass is 35.5. The van der Waals surface area contributed by atoms with Crippen LogP contribution in [0, 0.1) is 0 Å². The fourth-order valence-corrected chi connectivity index (χ4v) is 2.73. The van der Waals surface area contributed by atoms with Gasteiger partial charge < -0.3 is 25.4 Å². The summed E-state index contributed by atoms with van der Waals surface area (Å²) >= 11 is 6.15. The van der Waals surface area contributed by atoms with E-state index < -0.39 is 29.9 Å². The first-order chi connectivity index (χ1) is 9.63. The van der Waals surface area contributed by atoms with Crippen molar-refractivity contribution in [3.8, 4) is 0 Å². The number of nitrogens with one attached hydrogen (secondary N) is 1. The van der Waals surface area contributed by atoms with Crippen LogP contribution in [0.1, 0.15) is 18.0 Å². The molecule has 4 N–H and O–H groups in total. The topological polar surface area (TPSA) is 112 Å². The number of fused-ring (bicyclic) bond motifs is 1. The molecule has 9 heteroatoms. The number of rotatable bonds is 2. The number of alkyl halides is 1. The minimum absolute atomic E-state index is 0.217. The Morgan fingerprint density at radius 2 is 2.30 bits per heavy atom. The van der Waals surface area contributed by atoms with Crippen molar-refractivity contribution in [1.29, 1.82) is 0 Å². The minimum atomic E-state index is -0.978. The number of ether oxygens (including phenoxy) is 1. The third kappa shape index (κ3) is 2.09. The van der Waals surface area contributed by atoms with Gasteiger partial charge in [-0.15, -0.1) is 11.6 Å². The molecule has 0 aliphatic carbocycles. The van der Waals surface area contributed by atoms with Crippen LogP contribution in [0.5, 0.6) is 0 Å². The fourth-order valence-electron chi connectivity index (χ4n) is 2.39. The lowest BCUT2D eigenvalue weighted by Crippen LogP contribution is -2.30. The number of aromatic nitrogens is 2. The number of aliphatic hydroxyl groups is 3. The molecular formula is C11H15ClN4O4. The zero-order chi connectivity index (χ0) is 14.3. The van der Waals surface area contributed by atoms with Gasteiger partial charge in [0, 0.05) is 0 Å². The Morgan fingerprint density at radius 3 is 3.00 bits per heavy atom. The van der Waals surface area contributed by atoms with E-state index in [1.807, 2.05) is 0 Å². The fraction of sp³-hybridized carbons (Fsp3) is 0.636. The standard InChI is InChI=1S/C11H15ClN4O4/c12-7-9(19)6(2-17)20-11(7)16-4-15-8-5(18)1-13-3-14-10(8)16/h3-7,9,11,17-19H,1-2H2,(H,13,14)/t5?,6-,7-,9-,11-/m1/s1. The number of imidazole rings is 1. The van der Waals surface area contributed by atoms with Gasteiger partial charge in [-0.3, -0.25) is 9.56 Å². The maximum atomic E-state index is 9.92. The minimum Gasteiger partial charge on any atom is -0.394 e. The van der Waals surface area contributed by atoms with Gasteiger partial charge in [-0.2, -0.15) is 0 Å². The van der Waals surface area contributed by atoms with Gasteiger partial charge in [0.05, 0.1) is 25.8 Å². The highest BCUT2D eigenvalue weighted by molar-refractivity contribution is 6.21. The Bertz CT molecular complexity index is 523. The first-order valence-corrected chi connectivity index (χ1v) is 6.65. The third-order valence-corrected chi connectivity index (χ3v) is 3.93. The molecular weight excluding hydrogens is 288 g/mol. The van der Waals surface area contributed by atoms with E-state index in [0.29, 0.717) is 11.5 Å². The second kappa shape index (κ2) is 5.30. The van der Waals surface area contributed by atoms with E-state index in [0.717, 1.165) is 0 Å². The summed E-state index contributed by atoms with van der Waals surface area (Å²) in [5.74, 6) is 0.514. The molecule has 0 saturated carbocycles. The molecule has 8 nitrogen and oxygen atoms in total. The monoisotopic (exact) mass is 302 g/mol. The lowest BCUT2D eigenvalue weighted by molar-refractivity contribution is -0.0436. The summed E-state index contributed by atoms with van der Waals surface area (Å²) in [6, 6.07) is 0. The summed E-state index contributed by atoms with van der Waals surface area (Å²) in [5, 5.41) is 31.1. The smallest absolute Gasteiger partial charge is 0.156 e. The summed E-state index contributed by atoms with van der Waals surface area (Å²) in [5.41, 5.74) is 0.442. The van der Waals surface area contributed by atoms with Crippen molar-refractivity contribution in [3.05, 3.63) is 12.0 Å². The Labute approximate surface area is 119 Å². The number of aliphatic imine (C=N–C) groups is 1. The van der Waals surface area contributed by atoms with Crippen LogP contribution in [0.15, 0.2) is 11.3 Å². The molecule has 5 atom stereocenters. The van der Waals surface area contributed by atoms with Crippen LogP contribution in [-0.4, -0.2) is 61.9 Å². The summed E-state index contributed by atoms with van der Waals surface area (Å²) in [6.45, 7) is -0.107. The molecule has 20 heavy (non-hydrogen) atoms. The van der Waals surface area contributed by atoms with Crippen molar-refractivity contribution in [3.63, 3.8) is 0 Å². The molecule has 1 saturated heterocycles. The van der Waals surface area contributed by atoms with Gasteiger partial charge in [-0.1, -0.05) is 0 Å². The molecule has 2 aliphatic heterocycles. The average molecular weight is 303 g/mol. The van der Waals surface area contributed by atoms with Crippen LogP contribution in [0.4, 0.5) is 5.82 Å². The molecule has 110 valence electrons. The Kier molecular flexibility index (Phi) is 3.65. The molecule has 3 rings (SSSR count). The Morgan fingerprint density at radius 1 is 1.50 bits per heavy atom. The third-order valence-electron chi connectivity index (χ3n) is 3.46. The van der Waals surface area contributed by atoms with E-state index in [2.05, 4.69) is 15.3 Å². The molecule has 1 fully saturated rings.